The maximum absolute atomic E-state index is 12.7. The van der Waals surface area contributed by atoms with E-state index in [2.05, 4.69) is 32.2 Å². The first kappa shape index (κ1) is 25.4. The number of nitrogens with two attached hydrogens (primary N) is 1. The molecule has 4 aromatic rings. The molecule has 1 saturated heterocycles. The number of hydrazine groups is 1. The van der Waals surface area contributed by atoms with E-state index >= 15 is 0 Å². The molecule has 3 heterocycles. The number of anilines is 1. The number of morpholine rings is 1. The number of amidine groups is 1. The summed E-state index contributed by atoms with van der Waals surface area (Å²) >= 11 is 0. The zero-order valence-corrected chi connectivity index (χ0v) is 21.4. The number of nitrogens with one attached hydrogen (secondary N) is 3. The first-order valence-corrected chi connectivity index (χ1v) is 12.8. The van der Waals surface area contributed by atoms with E-state index in [9.17, 15) is 4.79 Å². The van der Waals surface area contributed by atoms with Gasteiger partial charge >= 0.3 is 0 Å². The molecule has 196 valence electrons. The first-order valence-electron chi connectivity index (χ1n) is 12.8. The highest BCUT2D eigenvalue weighted by molar-refractivity contribution is 6.07. The molecule has 0 aliphatic carbocycles. The summed E-state index contributed by atoms with van der Waals surface area (Å²) in [5.41, 5.74) is 10.7. The van der Waals surface area contributed by atoms with Crippen molar-refractivity contribution in [2.24, 2.45) is 5.73 Å². The second-order valence-electron chi connectivity index (χ2n) is 9.10. The van der Waals surface area contributed by atoms with Gasteiger partial charge in [-0.2, -0.15) is 0 Å². The van der Waals surface area contributed by atoms with Crippen molar-refractivity contribution in [3.05, 3.63) is 77.6 Å². The van der Waals surface area contributed by atoms with Crippen LogP contribution in [0.1, 0.15) is 28.4 Å². The molecule has 0 bridgehead atoms. The van der Waals surface area contributed by atoms with Gasteiger partial charge in [0, 0.05) is 66.2 Å². The summed E-state index contributed by atoms with van der Waals surface area (Å²) in [6, 6.07) is 15.3. The number of hydrogen-bond acceptors (Lipinski definition) is 7. The average molecular weight is 513 g/mol. The number of aromatic amines is 1. The van der Waals surface area contributed by atoms with Crippen molar-refractivity contribution < 1.29 is 9.53 Å². The lowest BCUT2D eigenvalue weighted by Gasteiger charge is -2.36. The Balaban J connectivity index is 1.21. The summed E-state index contributed by atoms with van der Waals surface area (Å²) in [7, 11) is 0. The Kier molecular flexibility index (Phi) is 7.62. The summed E-state index contributed by atoms with van der Waals surface area (Å²) in [6.07, 6.45) is 4.18. The summed E-state index contributed by atoms with van der Waals surface area (Å²) in [6.45, 7) is 6.36. The third-order valence-corrected chi connectivity index (χ3v) is 6.68. The largest absolute Gasteiger partial charge is 0.384 e. The van der Waals surface area contributed by atoms with E-state index in [0.717, 1.165) is 47.4 Å². The van der Waals surface area contributed by atoms with Crippen LogP contribution in [0.25, 0.3) is 22.2 Å². The second kappa shape index (κ2) is 11.4. The quantitative estimate of drug-likeness (QED) is 0.200. The van der Waals surface area contributed by atoms with Gasteiger partial charge < -0.3 is 20.8 Å². The number of benzene rings is 2. The van der Waals surface area contributed by atoms with Crippen LogP contribution in [0.15, 0.2) is 60.9 Å². The standard InChI is InChI=1S/C28H32N8O2/c1-2-36(35-13-15-38-16-14-35)28-32-12-10-24(34-28)20-4-6-21(7-5-20)27(37)31-11-9-19-3-8-25-22(17-19)23(18-33-25)26(29)30/h3-8,10,12,17-18,33H,2,9,11,13-16H2,1H3,(H3,29,30)(H,31,37). The molecule has 0 spiro atoms. The van der Waals surface area contributed by atoms with Crippen LogP contribution < -0.4 is 16.1 Å². The number of H-pyrrole nitrogens is 1. The molecule has 1 fully saturated rings. The minimum atomic E-state index is -0.128. The lowest BCUT2D eigenvalue weighted by molar-refractivity contribution is 0.0314. The molecule has 0 unspecified atom stereocenters. The topological polar surface area (TPSA) is 136 Å². The molecule has 0 radical (unpaired) electrons. The molecule has 10 heteroatoms. The number of ether oxygens (including phenoxy) is 1. The number of aromatic nitrogens is 3. The van der Waals surface area contributed by atoms with E-state index in [4.69, 9.17) is 20.9 Å². The van der Waals surface area contributed by atoms with Gasteiger partial charge in [-0.3, -0.25) is 15.2 Å². The molecular weight excluding hydrogens is 480 g/mol. The molecule has 0 saturated carbocycles. The Hall–Kier alpha value is -4.28. The van der Waals surface area contributed by atoms with Crippen LogP contribution in [0.3, 0.4) is 0 Å². The summed E-state index contributed by atoms with van der Waals surface area (Å²) in [4.78, 5) is 25.2. The molecule has 1 aliphatic rings. The Morgan fingerprint density at radius 1 is 1.18 bits per heavy atom. The smallest absolute Gasteiger partial charge is 0.251 e. The lowest BCUT2D eigenvalue weighted by atomic mass is 10.1. The summed E-state index contributed by atoms with van der Waals surface area (Å²) < 4.78 is 5.47. The zero-order chi connectivity index (χ0) is 26.5. The molecular formula is C28H32N8O2. The molecule has 10 nitrogen and oxygen atoms in total. The Bertz CT molecular complexity index is 1430. The van der Waals surface area contributed by atoms with Crippen molar-refractivity contribution in [3.8, 4) is 11.3 Å². The molecule has 0 atom stereocenters. The third kappa shape index (κ3) is 5.51. The summed E-state index contributed by atoms with van der Waals surface area (Å²) in [5.74, 6) is 0.557. The number of amides is 1. The van der Waals surface area contributed by atoms with E-state index in [-0.39, 0.29) is 11.7 Å². The fourth-order valence-corrected chi connectivity index (χ4v) is 4.66. The van der Waals surface area contributed by atoms with Gasteiger partial charge in [-0.1, -0.05) is 18.2 Å². The van der Waals surface area contributed by atoms with Gasteiger partial charge in [-0.25, -0.2) is 15.0 Å². The summed E-state index contributed by atoms with van der Waals surface area (Å²) in [5, 5.41) is 15.9. The molecule has 5 N–H and O–H groups in total. The van der Waals surface area contributed by atoms with Crippen molar-refractivity contribution in [1.82, 2.24) is 25.3 Å². The van der Waals surface area contributed by atoms with Crippen molar-refractivity contribution >= 4 is 28.6 Å². The fourth-order valence-electron chi connectivity index (χ4n) is 4.66. The van der Waals surface area contributed by atoms with Crippen LogP contribution in [-0.4, -0.2) is 71.1 Å². The average Bonchev–Trinajstić information content (AvgIpc) is 3.38. The highest BCUT2D eigenvalue weighted by Gasteiger charge is 2.20. The van der Waals surface area contributed by atoms with Gasteiger partial charge in [0.05, 0.1) is 18.9 Å². The number of nitrogen functional groups attached to an aromatic ring is 1. The van der Waals surface area contributed by atoms with E-state index in [1.54, 1.807) is 12.4 Å². The molecule has 1 aliphatic heterocycles. The molecule has 38 heavy (non-hydrogen) atoms. The highest BCUT2D eigenvalue weighted by Crippen LogP contribution is 2.22. The fraction of sp³-hybridized carbons (Fsp3) is 0.286. The van der Waals surface area contributed by atoms with Gasteiger partial charge in [0.25, 0.3) is 5.91 Å². The number of carbonyl (C=O) groups excluding carboxylic acids is 1. The predicted octanol–water partition coefficient (Wildman–Crippen LogP) is 2.95. The van der Waals surface area contributed by atoms with Crippen LogP contribution in [0.2, 0.25) is 0 Å². The maximum Gasteiger partial charge on any atom is 0.251 e. The van der Waals surface area contributed by atoms with Gasteiger partial charge in [0.2, 0.25) is 5.95 Å². The van der Waals surface area contributed by atoms with E-state index < -0.39 is 0 Å². The molecule has 2 aromatic heterocycles. The van der Waals surface area contributed by atoms with Gasteiger partial charge in [0.15, 0.2) is 0 Å². The monoisotopic (exact) mass is 512 g/mol. The van der Waals surface area contributed by atoms with Crippen LogP contribution in [-0.2, 0) is 11.2 Å². The Morgan fingerprint density at radius 2 is 1.97 bits per heavy atom. The number of fused-ring (bicyclic) bond motifs is 1. The molecule has 5 rings (SSSR count). The minimum absolute atomic E-state index is 0.0307. The van der Waals surface area contributed by atoms with Crippen LogP contribution in [0.4, 0.5) is 5.95 Å². The highest BCUT2D eigenvalue weighted by atomic mass is 16.5. The Morgan fingerprint density at radius 3 is 2.71 bits per heavy atom. The first-order chi connectivity index (χ1) is 18.5. The lowest BCUT2D eigenvalue weighted by Crippen LogP contribution is -2.49. The van der Waals surface area contributed by atoms with Gasteiger partial charge in [-0.05, 0) is 49.2 Å². The molecule has 1 amide bonds. The van der Waals surface area contributed by atoms with Crippen LogP contribution in [0.5, 0.6) is 0 Å². The third-order valence-electron chi connectivity index (χ3n) is 6.68. The van der Waals surface area contributed by atoms with E-state index in [1.165, 1.54) is 0 Å². The SMILES string of the molecule is CCN(c1nccc(-c2ccc(C(=O)NCCc3ccc4[nH]cc(C(=N)N)c4c3)cc2)n1)N1CCOCC1. The molecule has 2 aromatic carbocycles. The number of rotatable bonds is 9. The van der Waals surface area contributed by atoms with Gasteiger partial charge in [0.1, 0.15) is 5.84 Å². The second-order valence-corrected chi connectivity index (χ2v) is 9.10. The van der Waals surface area contributed by atoms with E-state index in [1.807, 2.05) is 48.5 Å². The minimum Gasteiger partial charge on any atom is -0.384 e. The van der Waals surface area contributed by atoms with Crippen LogP contribution in [0, 0.1) is 5.41 Å². The normalized spacial score (nSPS) is 13.9. The number of nitrogens with zero attached hydrogens (tertiary/aromatic N) is 4. The Labute approximate surface area is 221 Å². The van der Waals surface area contributed by atoms with Crippen molar-refractivity contribution in [1.29, 1.82) is 5.41 Å². The van der Waals surface area contributed by atoms with Crippen molar-refractivity contribution in [2.75, 3.05) is 44.4 Å². The predicted molar refractivity (Wildman–Crippen MR) is 148 cm³/mol. The zero-order valence-electron chi connectivity index (χ0n) is 21.4. The van der Waals surface area contributed by atoms with Crippen molar-refractivity contribution in [2.45, 2.75) is 13.3 Å². The number of carbonyl (C=O) groups is 1. The van der Waals surface area contributed by atoms with Crippen molar-refractivity contribution in [3.63, 3.8) is 0 Å². The van der Waals surface area contributed by atoms with E-state index in [0.29, 0.717) is 43.3 Å². The van der Waals surface area contributed by atoms with Gasteiger partial charge in [-0.15, -0.1) is 0 Å². The van der Waals surface area contributed by atoms with Crippen LogP contribution >= 0.6 is 0 Å². The maximum atomic E-state index is 12.7. The number of hydrogen-bond donors (Lipinski definition) is 4.